The molecule has 1 amide bonds. The largest absolute Gasteiger partial charge is 0.368 e. The Morgan fingerprint density at radius 3 is 2.73 bits per heavy atom. The van der Waals surface area contributed by atoms with Crippen molar-refractivity contribution in [2.75, 3.05) is 37.4 Å². The van der Waals surface area contributed by atoms with Crippen LogP contribution in [0.3, 0.4) is 0 Å². The maximum absolute atomic E-state index is 14.5. The van der Waals surface area contributed by atoms with Gasteiger partial charge in [-0.05, 0) is 63.3 Å². The Balaban J connectivity index is 1.50. The molecule has 0 bridgehead atoms. The lowest BCUT2D eigenvalue weighted by Crippen LogP contribution is -2.50. The van der Waals surface area contributed by atoms with Crippen molar-refractivity contribution in [3.8, 4) is 0 Å². The highest BCUT2D eigenvalue weighted by molar-refractivity contribution is 6.06. The Morgan fingerprint density at radius 1 is 1.23 bits per heavy atom. The van der Waals surface area contributed by atoms with E-state index in [0.29, 0.717) is 28.8 Å². The average molecular weight is 412 g/mol. The predicted molar refractivity (Wildman–Crippen MR) is 117 cm³/mol. The van der Waals surface area contributed by atoms with Crippen LogP contribution < -0.4 is 10.2 Å². The number of aryl methyl sites for hydroxylation is 1. The maximum atomic E-state index is 14.5. The van der Waals surface area contributed by atoms with E-state index in [1.54, 1.807) is 12.1 Å². The van der Waals surface area contributed by atoms with Gasteiger partial charge in [0.15, 0.2) is 0 Å². The summed E-state index contributed by atoms with van der Waals surface area (Å²) in [7, 11) is 3.81. The van der Waals surface area contributed by atoms with Gasteiger partial charge in [0.2, 0.25) is 0 Å². The maximum Gasteiger partial charge on any atom is 0.272 e. The number of amides is 1. The lowest BCUT2D eigenvalue weighted by molar-refractivity contribution is 0.102. The Bertz CT molecular complexity index is 1040. The minimum Gasteiger partial charge on any atom is -0.368 e. The van der Waals surface area contributed by atoms with Crippen molar-refractivity contribution in [3.05, 3.63) is 59.5 Å². The fraction of sp³-hybridized carbons (Fsp3) is 0.348. The van der Waals surface area contributed by atoms with Crippen molar-refractivity contribution in [3.63, 3.8) is 0 Å². The number of anilines is 2. The molecule has 2 aromatic carbocycles. The highest BCUT2D eigenvalue weighted by atomic mass is 19.1. The van der Waals surface area contributed by atoms with Gasteiger partial charge in [-0.3, -0.25) is 4.79 Å². The average Bonchev–Trinajstić information content (AvgIpc) is 3.18. The molecule has 1 aliphatic heterocycles. The summed E-state index contributed by atoms with van der Waals surface area (Å²) in [5.74, 6) is -0.716. The monoisotopic (exact) mass is 412 g/mol. The number of rotatable bonds is 4. The van der Waals surface area contributed by atoms with Crippen LogP contribution in [0.4, 0.5) is 20.2 Å². The summed E-state index contributed by atoms with van der Waals surface area (Å²) in [6.45, 7) is 2.93. The highest BCUT2D eigenvalue weighted by Crippen LogP contribution is 2.27. The molecule has 1 aromatic heterocycles. The number of alkyl halides is 1. The summed E-state index contributed by atoms with van der Waals surface area (Å²) >= 11 is 0. The van der Waals surface area contributed by atoms with E-state index in [1.165, 1.54) is 12.1 Å². The fourth-order valence-corrected chi connectivity index (χ4v) is 4.14. The summed E-state index contributed by atoms with van der Waals surface area (Å²) in [6, 6.07) is 11.9. The summed E-state index contributed by atoms with van der Waals surface area (Å²) in [6.07, 6.45) is -0.193. The molecular weight excluding hydrogens is 386 g/mol. The van der Waals surface area contributed by atoms with Gasteiger partial charge in [0.05, 0.1) is 12.1 Å². The van der Waals surface area contributed by atoms with Gasteiger partial charge < -0.3 is 20.1 Å². The molecule has 0 spiro atoms. The minimum atomic E-state index is -0.934. The smallest absolute Gasteiger partial charge is 0.272 e. The zero-order chi connectivity index (χ0) is 21.4. The second kappa shape index (κ2) is 8.07. The second-order valence-electron chi connectivity index (χ2n) is 8.12. The summed E-state index contributed by atoms with van der Waals surface area (Å²) in [5, 5.41) is 3.25. The quantitative estimate of drug-likeness (QED) is 0.670. The first kappa shape index (κ1) is 20.3. The van der Waals surface area contributed by atoms with Crippen molar-refractivity contribution >= 4 is 28.2 Å². The Kier molecular flexibility index (Phi) is 5.47. The highest BCUT2D eigenvalue weighted by Gasteiger charge is 2.30. The number of carbonyl (C=O) groups excluding carboxylic acids is 1. The zero-order valence-electron chi connectivity index (χ0n) is 17.4. The molecule has 30 heavy (non-hydrogen) atoms. The lowest BCUT2D eigenvalue weighted by Gasteiger charge is -2.39. The fourth-order valence-electron chi connectivity index (χ4n) is 4.14. The number of nitrogens with zero attached hydrogens (tertiary/aromatic N) is 2. The van der Waals surface area contributed by atoms with Gasteiger partial charge in [-0.15, -0.1) is 0 Å². The van der Waals surface area contributed by atoms with Crippen LogP contribution in [-0.2, 0) is 0 Å². The van der Waals surface area contributed by atoms with E-state index in [4.69, 9.17) is 0 Å². The molecule has 7 heteroatoms. The first-order chi connectivity index (χ1) is 14.3. The minimum absolute atomic E-state index is 0.0741. The van der Waals surface area contributed by atoms with Crippen LogP contribution in [-0.4, -0.2) is 55.2 Å². The van der Waals surface area contributed by atoms with E-state index in [1.807, 2.05) is 49.0 Å². The normalized spacial score (nSPS) is 19.5. The summed E-state index contributed by atoms with van der Waals surface area (Å²) in [5.41, 5.74) is 3.25. The number of piperidine rings is 1. The van der Waals surface area contributed by atoms with Gasteiger partial charge in [-0.2, -0.15) is 0 Å². The van der Waals surface area contributed by atoms with Crippen LogP contribution >= 0.6 is 0 Å². The zero-order valence-corrected chi connectivity index (χ0v) is 17.4. The van der Waals surface area contributed by atoms with Crippen LogP contribution in [0.15, 0.2) is 42.5 Å². The van der Waals surface area contributed by atoms with Gasteiger partial charge in [0.1, 0.15) is 17.7 Å². The van der Waals surface area contributed by atoms with Crippen molar-refractivity contribution in [1.29, 1.82) is 0 Å². The Hall–Kier alpha value is -2.93. The van der Waals surface area contributed by atoms with Crippen LogP contribution in [0.25, 0.3) is 10.9 Å². The molecule has 3 aromatic rings. The second-order valence-corrected chi connectivity index (χ2v) is 8.12. The molecule has 1 aliphatic rings. The van der Waals surface area contributed by atoms with Crippen LogP contribution in [0.2, 0.25) is 0 Å². The number of aromatic nitrogens is 1. The van der Waals surface area contributed by atoms with Crippen molar-refractivity contribution in [2.24, 2.45) is 0 Å². The number of hydrogen-bond donors (Lipinski definition) is 2. The molecule has 158 valence electrons. The van der Waals surface area contributed by atoms with Gasteiger partial charge in [-0.25, -0.2) is 8.78 Å². The predicted octanol–water partition coefficient (Wildman–Crippen LogP) is 4.35. The Labute approximate surface area is 174 Å². The van der Waals surface area contributed by atoms with Crippen LogP contribution in [0, 0.1) is 12.7 Å². The molecule has 1 saturated heterocycles. The number of H-pyrrole nitrogens is 1. The number of benzene rings is 2. The lowest BCUT2D eigenvalue weighted by atomic mass is 10.0. The molecule has 2 N–H and O–H groups in total. The molecular formula is C23H26F2N4O. The molecule has 0 unspecified atom stereocenters. The molecule has 2 atom stereocenters. The van der Waals surface area contributed by atoms with Crippen molar-refractivity contribution in [1.82, 2.24) is 9.88 Å². The molecule has 0 saturated carbocycles. The van der Waals surface area contributed by atoms with E-state index in [2.05, 4.69) is 10.3 Å². The van der Waals surface area contributed by atoms with Crippen LogP contribution in [0.5, 0.6) is 0 Å². The number of aromatic amines is 1. The summed E-state index contributed by atoms with van der Waals surface area (Å²) < 4.78 is 28.6. The van der Waals surface area contributed by atoms with E-state index < -0.39 is 6.17 Å². The van der Waals surface area contributed by atoms with E-state index in [9.17, 15) is 13.6 Å². The van der Waals surface area contributed by atoms with Crippen LogP contribution in [0.1, 0.15) is 22.5 Å². The number of fused-ring (bicyclic) bond motifs is 1. The van der Waals surface area contributed by atoms with E-state index in [-0.39, 0.29) is 17.8 Å². The summed E-state index contributed by atoms with van der Waals surface area (Å²) in [4.78, 5) is 19.7. The first-order valence-electron chi connectivity index (χ1n) is 10.1. The third-order valence-corrected chi connectivity index (χ3v) is 5.83. The third-order valence-electron chi connectivity index (χ3n) is 5.83. The molecule has 5 nitrogen and oxygen atoms in total. The number of carbonyl (C=O) groups is 1. The van der Waals surface area contributed by atoms with Crippen molar-refractivity contribution < 1.29 is 13.6 Å². The van der Waals surface area contributed by atoms with E-state index >= 15 is 0 Å². The SMILES string of the molecule is Cc1ccc(F)c2cc(C(=O)Nc3cccc(N4CC[C@H](N(C)C)[C@H](F)C4)c3)[nH]c12. The van der Waals surface area contributed by atoms with Crippen molar-refractivity contribution in [2.45, 2.75) is 25.6 Å². The topological polar surface area (TPSA) is 51.4 Å². The van der Waals surface area contributed by atoms with Gasteiger partial charge >= 0.3 is 0 Å². The third kappa shape index (κ3) is 3.89. The standard InChI is InChI=1S/C23H26F2N4O/c1-14-7-8-18(24)17-12-20(27-22(14)17)23(30)26-15-5-4-6-16(11-15)29-10-9-21(28(2)3)19(25)13-29/h4-8,11-12,19,21,27H,9-10,13H2,1-3H3,(H,26,30)/t19-,21+/m1/s1. The molecule has 4 rings (SSSR count). The molecule has 1 fully saturated rings. The number of halogens is 2. The first-order valence-corrected chi connectivity index (χ1v) is 10.1. The number of nitrogens with one attached hydrogen (secondary N) is 2. The molecule has 2 heterocycles. The molecule has 0 aliphatic carbocycles. The van der Waals surface area contributed by atoms with E-state index in [0.717, 1.165) is 24.2 Å². The Morgan fingerprint density at radius 2 is 2.03 bits per heavy atom. The van der Waals surface area contributed by atoms with Gasteiger partial charge in [0, 0.05) is 29.3 Å². The molecule has 0 radical (unpaired) electrons. The van der Waals surface area contributed by atoms with Gasteiger partial charge in [0.25, 0.3) is 5.91 Å². The number of hydrogen-bond acceptors (Lipinski definition) is 3. The van der Waals surface area contributed by atoms with Gasteiger partial charge in [-0.1, -0.05) is 12.1 Å².